The summed E-state index contributed by atoms with van der Waals surface area (Å²) in [6.07, 6.45) is 0. The largest absolute Gasteiger partial charge is 0.493 e. The van der Waals surface area contributed by atoms with Crippen molar-refractivity contribution in [3.63, 3.8) is 0 Å². The number of guanidine groups is 1. The molecule has 0 aliphatic carbocycles. The van der Waals surface area contributed by atoms with Gasteiger partial charge >= 0.3 is 0 Å². The Labute approximate surface area is 132 Å². The normalized spacial score (nSPS) is 12.0. The van der Waals surface area contributed by atoms with Crippen LogP contribution in [0.15, 0.2) is 23.2 Å². The number of benzene rings is 1. The Hall–Kier alpha value is -1.95. The van der Waals surface area contributed by atoms with Crippen molar-refractivity contribution in [2.75, 3.05) is 34.9 Å². The van der Waals surface area contributed by atoms with Gasteiger partial charge in [0.2, 0.25) is 0 Å². The Morgan fingerprint density at radius 3 is 2.32 bits per heavy atom. The molecule has 0 aliphatic rings. The van der Waals surface area contributed by atoms with E-state index < -0.39 is 0 Å². The van der Waals surface area contributed by atoms with E-state index in [0.717, 1.165) is 17.3 Å². The predicted molar refractivity (Wildman–Crippen MR) is 88.8 cm³/mol. The maximum atomic E-state index is 5.38. The molecule has 0 heterocycles. The number of ether oxygens (including phenoxy) is 3. The van der Waals surface area contributed by atoms with Gasteiger partial charge in [0.25, 0.3) is 0 Å². The van der Waals surface area contributed by atoms with Gasteiger partial charge in [-0.1, -0.05) is 6.07 Å². The summed E-state index contributed by atoms with van der Waals surface area (Å²) in [7, 11) is 6.69. The van der Waals surface area contributed by atoms with Gasteiger partial charge in [-0.25, -0.2) is 0 Å². The van der Waals surface area contributed by atoms with E-state index in [1.165, 1.54) is 0 Å². The van der Waals surface area contributed by atoms with Crippen LogP contribution in [0, 0.1) is 0 Å². The standard InChI is InChI=1S/C16H27N3O3/c1-16(2,22-6)11-19-15(17-3)18-10-12-7-8-13(20-4)14(9-12)21-5/h7-9H,10-11H2,1-6H3,(H2,17,18,19). The predicted octanol–water partition coefficient (Wildman–Crippen LogP) is 1.79. The van der Waals surface area contributed by atoms with Crippen LogP contribution < -0.4 is 20.1 Å². The summed E-state index contributed by atoms with van der Waals surface area (Å²) in [5.74, 6) is 2.15. The SMILES string of the molecule is CN=C(NCc1ccc(OC)c(OC)c1)NCC(C)(C)OC. The number of nitrogens with one attached hydrogen (secondary N) is 2. The van der Waals surface area contributed by atoms with E-state index in [2.05, 4.69) is 15.6 Å². The Balaban J connectivity index is 2.60. The molecule has 0 bridgehead atoms. The summed E-state index contributed by atoms with van der Waals surface area (Å²) in [5, 5.41) is 6.50. The van der Waals surface area contributed by atoms with Crippen LogP contribution in [0.3, 0.4) is 0 Å². The lowest BCUT2D eigenvalue weighted by molar-refractivity contribution is 0.0268. The first kappa shape index (κ1) is 18.1. The van der Waals surface area contributed by atoms with Crippen molar-refractivity contribution < 1.29 is 14.2 Å². The molecule has 0 amide bonds. The average molecular weight is 309 g/mol. The Morgan fingerprint density at radius 1 is 1.09 bits per heavy atom. The van der Waals surface area contributed by atoms with Crippen LogP contribution in [0.2, 0.25) is 0 Å². The lowest BCUT2D eigenvalue weighted by atomic mass is 10.1. The highest BCUT2D eigenvalue weighted by Gasteiger charge is 2.16. The second-order valence-electron chi connectivity index (χ2n) is 5.43. The van der Waals surface area contributed by atoms with Crippen LogP contribution in [0.1, 0.15) is 19.4 Å². The first-order chi connectivity index (χ1) is 10.5. The molecule has 0 saturated carbocycles. The zero-order valence-electron chi connectivity index (χ0n) is 14.3. The molecule has 0 atom stereocenters. The van der Waals surface area contributed by atoms with Crippen LogP contribution >= 0.6 is 0 Å². The first-order valence-electron chi connectivity index (χ1n) is 7.16. The minimum Gasteiger partial charge on any atom is -0.493 e. The summed E-state index contributed by atoms with van der Waals surface area (Å²) >= 11 is 0. The molecule has 2 N–H and O–H groups in total. The third kappa shape index (κ3) is 5.44. The number of aliphatic imine (C=N–C) groups is 1. The number of nitrogens with zero attached hydrogens (tertiary/aromatic N) is 1. The quantitative estimate of drug-likeness (QED) is 0.594. The topological polar surface area (TPSA) is 64.1 Å². The smallest absolute Gasteiger partial charge is 0.191 e. The van der Waals surface area contributed by atoms with E-state index >= 15 is 0 Å². The summed E-state index contributed by atoms with van der Waals surface area (Å²) in [5.41, 5.74) is 0.827. The first-order valence-corrected chi connectivity index (χ1v) is 7.16. The molecule has 0 saturated heterocycles. The van der Waals surface area contributed by atoms with E-state index in [9.17, 15) is 0 Å². The van der Waals surface area contributed by atoms with Gasteiger partial charge in [0, 0.05) is 27.2 Å². The molecule has 1 aromatic rings. The van der Waals surface area contributed by atoms with Gasteiger partial charge < -0.3 is 24.8 Å². The van der Waals surface area contributed by atoms with Crippen molar-refractivity contribution in [1.82, 2.24) is 10.6 Å². The van der Waals surface area contributed by atoms with Gasteiger partial charge in [-0.05, 0) is 31.5 Å². The molecule has 1 aromatic carbocycles. The van der Waals surface area contributed by atoms with Gasteiger partial charge in [-0.2, -0.15) is 0 Å². The zero-order chi connectivity index (χ0) is 16.6. The third-order valence-electron chi connectivity index (χ3n) is 3.37. The Bertz CT molecular complexity index is 501. The van der Waals surface area contributed by atoms with Crippen LogP contribution in [0.5, 0.6) is 11.5 Å². The molecule has 6 nitrogen and oxygen atoms in total. The molecule has 6 heteroatoms. The van der Waals surface area contributed by atoms with Crippen molar-refractivity contribution in [1.29, 1.82) is 0 Å². The van der Waals surface area contributed by atoms with E-state index in [4.69, 9.17) is 14.2 Å². The maximum Gasteiger partial charge on any atom is 0.191 e. The van der Waals surface area contributed by atoms with E-state index in [1.54, 1.807) is 28.4 Å². The summed E-state index contributed by atoms with van der Waals surface area (Å²) in [4.78, 5) is 4.20. The lowest BCUT2D eigenvalue weighted by Crippen LogP contribution is -2.45. The number of hydrogen-bond donors (Lipinski definition) is 2. The summed E-state index contributed by atoms with van der Waals surface area (Å²) in [6, 6.07) is 5.82. The highest BCUT2D eigenvalue weighted by Crippen LogP contribution is 2.27. The van der Waals surface area contributed by atoms with Gasteiger partial charge in [0.05, 0.1) is 19.8 Å². The zero-order valence-corrected chi connectivity index (χ0v) is 14.3. The highest BCUT2D eigenvalue weighted by molar-refractivity contribution is 5.79. The van der Waals surface area contributed by atoms with E-state index in [1.807, 2.05) is 32.0 Å². The van der Waals surface area contributed by atoms with Gasteiger partial charge in [-0.3, -0.25) is 4.99 Å². The van der Waals surface area contributed by atoms with Crippen molar-refractivity contribution in [2.45, 2.75) is 26.0 Å². The molecule has 0 aliphatic heterocycles. The van der Waals surface area contributed by atoms with E-state index in [-0.39, 0.29) is 5.60 Å². The highest BCUT2D eigenvalue weighted by atomic mass is 16.5. The summed E-state index contributed by atoms with van der Waals surface area (Å²) in [6.45, 7) is 5.33. The molecule has 124 valence electrons. The Kier molecular flexibility index (Phi) is 6.98. The van der Waals surface area contributed by atoms with E-state index in [0.29, 0.717) is 18.8 Å². The van der Waals surface area contributed by atoms with Crippen molar-refractivity contribution in [2.24, 2.45) is 4.99 Å². The maximum absolute atomic E-state index is 5.38. The minimum absolute atomic E-state index is 0.249. The fourth-order valence-corrected chi connectivity index (χ4v) is 1.77. The van der Waals surface area contributed by atoms with Crippen LogP contribution in [-0.2, 0) is 11.3 Å². The van der Waals surface area contributed by atoms with Crippen LogP contribution in [-0.4, -0.2) is 46.5 Å². The average Bonchev–Trinajstić information content (AvgIpc) is 2.54. The Morgan fingerprint density at radius 2 is 1.77 bits per heavy atom. The molecule has 0 fully saturated rings. The number of methoxy groups -OCH3 is 3. The second-order valence-corrected chi connectivity index (χ2v) is 5.43. The minimum atomic E-state index is -0.249. The molecular formula is C16H27N3O3. The molecular weight excluding hydrogens is 282 g/mol. The number of hydrogen-bond acceptors (Lipinski definition) is 4. The lowest BCUT2D eigenvalue weighted by Gasteiger charge is -2.24. The van der Waals surface area contributed by atoms with Crippen molar-refractivity contribution in [3.8, 4) is 11.5 Å². The molecule has 1 rings (SSSR count). The van der Waals surface area contributed by atoms with Gasteiger partial charge in [0.15, 0.2) is 17.5 Å². The van der Waals surface area contributed by atoms with Crippen LogP contribution in [0.4, 0.5) is 0 Å². The second kappa shape index (κ2) is 8.48. The van der Waals surface area contributed by atoms with Crippen molar-refractivity contribution in [3.05, 3.63) is 23.8 Å². The number of rotatable bonds is 7. The third-order valence-corrected chi connectivity index (χ3v) is 3.37. The van der Waals surface area contributed by atoms with Gasteiger partial charge in [0.1, 0.15) is 0 Å². The molecule has 22 heavy (non-hydrogen) atoms. The molecule has 0 radical (unpaired) electrons. The molecule has 0 unspecified atom stereocenters. The van der Waals surface area contributed by atoms with Gasteiger partial charge in [-0.15, -0.1) is 0 Å². The monoisotopic (exact) mass is 309 g/mol. The fraction of sp³-hybridized carbons (Fsp3) is 0.562. The van der Waals surface area contributed by atoms with Crippen molar-refractivity contribution >= 4 is 5.96 Å². The fourth-order valence-electron chi connectivity index (χ4n) is 1.77. The summed E-state index contributed by atoms with van der Waals surface area (Å²) < 4.78 is 15.9. The molecule has 0 aromatic heterocycles. The molecule has 0 spiro atoms. The van der Waals surface area contributed by atoms with Crippen LogP contribution in [0.25, 0.3) is 0 Å².